The van der Waals surface area contributed by atoms with Crippen LogP contribution in [0.4, 0.5) is 17.5 Å². The molecule has 3 heterocycles. The van der Waals surface area contributed by atoms with Crippen LogP contribution in [-0.2, 0) is 13.0 Å². The smallest absolute Gasteiger partial charge is 0.229 e. The predicted octanol–water partition coefficient (Wildman–Crippen LogP) is 5.15. The molecule has 0 amide bonds. The molecule has 0 saturated carbocycles. The molecule has 0 aliphatic carbocycles. The van der Waals surface area contributed by atoms with Crippen LogP contribution in [0.5, 0.6) is 17.2 Å². The number of hydrogen-bond acceptors (Lipinski definition) is 8. The summed E-state index contributed by atoms with van der Waals surface area (Å²) in [5.74, 6) is 2.84. The normalized spacial score (nSPS) is 12.8. The van der Waals surface area contributed by atoms with Gasteiger partial charge in [-0.05, 0) is 29.7 Å². The quantitative estimate of drug-likeness (QED) is 0.323. The molecular formula is C29H28N6O3. The molecule has 9 heteroatoms. The molecule has 0 saturated heterocycles. The number of para-hydroxylation sites is 1. The second kappa shape index (κ2) is 9.93. The van der Waals surface area contributed by atoms with Crippen LogP contribution in [0.3, 0.4) is 0 Å². The Morgan fingerprint density at radius 1 is 0.816 bits per heavy atom. The second-order valence-corrected chi connectivity index (χ2v) is 8.97. The molecule has 0 spiro atoms. The van der Waals surface area contributed by atoms with Crippen molar-refractivity contribution in [1.29, 1.82) is 0 Å². The van der Waals surface area contributed by atoms with Crippen LogP contribution in [0.25, 0.3) is 16.9 Å². The standard InChI is InChI=1S/C29H28N6O3/c1-36-23-15-21(16-24(37-2)26(23)38-3)31-27-25-28(35(18-30-25)22-11-5-4-6-12-22)33-29(32-27)34-14-13-19-9-7-8-10-20(19)17-34/h4-12,15-16,18H,13-14,17H2,1-3H3,(H,31,32,33). The minimum absolute atomic E-state index is 0.523. The molecule has 5 aromatic rings. The molecule has 0 bridgehead atoms. The van der Waals surface area contributed by atoms with E-state index in [0.717, 1.165) is 36.5 Å². The third-order valence-electron chi connectivity index (χ3n) is 6.76. The highest BCUT2D eigenvalue weighted by molar-refractivity contribution is 5.88. The maximum atomic E-state index is 5.55. The molecule has 38 heavy (non-hydrogen) atoms. The van der Waals surface area contributed by atoms with Gasteiger partial charge in [-0.1, -0.05) is 42.5 Å². The van der Waals surface area contributed by atoms with E-state index in [9.17, 15) is 0 Å². The summed E-state index contributed by atoms with van der Waals surface area (Å²) in [5, 5.41) is 3.44. The molecule has 6 rings (SSSR count). The SMILES string of the molecule is COc1cc(Nc2nc(N3CCc4ccccc4C3)nc3c2ncn3-c2ccccc2)cc(OC)c1OC. The number of anilines is 3. The predicted molar refractivity (Wildman–Crippen MR) is 147 cm³/mol. The van der Waals surface area contributed by atoms with Gasteiger partial charge in [0.05, 0.1) is 21.3 Å². The fraction of sp³-hybridized carbons (Fsp3) is 0.207. The summed E-state index contributed by atoms with van der Waals surface area (Å²) in [7, 11) is 4.77. The van der Waals surface area contributed by atoms with Crippen LogP contribution >= 0.6 is 0 Å². The van der Waals surface area contributed by atoms with Crippen LogP contribution < -0.4 is 24.4 Å². The van der Waals surface area contributed by atoms with Crippen molar-refractivity contribution in [3.8, 4) is 22.9 Å². The van der Waals surface area contributed by atoms with Gasteiger partial charge >= 0.3 is 0 Å². The number of ether oxygens (including phenoxy) is 3. The van der Waals surface area contributed by atoms with Gasteiger partial charge in [0.2, 0.25) is 11.7 Å². The van der Waals surface area contributed by atoms with Crippen molar-refractivity contribution in [1.82, 2.24) is 19.5 Å². The Labute approximate surface area is 220 Å². The van der Waals surface area contributed by atoms with E-state index >= 15 is 0 Å². The first kappa shape index (κ1) is 23.6. The van der Waals surface area contributed by atoms with Gasteiger partial charge in [-0.15, -0.1) is 0 Å². The number of hydrogen-bond donors (Lipinski definition) is 1. The summed E-state index contributed by atoms with van der Waals surface area (Å²) in [6.07, 6.45) is 2.72. The van der Waals surface area contributed by atoms with E-state index in [1.165, 1.54) is 11.1 Å². The lowest BCUT2D eigenvalue weighted by atomic mass is 10.0. The van der Waals surface area contributed by atoms with Gasteiger partial charge in [0.1, 0.15) is 6.33 Å². The molecule has 0 fully saturated rings. The first-order chi connectivity index (χ1) is 18.7. The highest BCUT2D eigenvalue weighted by Crippen LogP contribution is 2.41. The molecule has 3 aromatic carbocycles. The van der Waals surface area contributed by atoms with Gasteiger partial charge < -0.3 is 24.4 Å². The molecule has 2 aromatic heterocycles. The fourth-order valence-electron chi connectivity index (χ4n) is 4.85. The van der Waals surface area contributed by atoms with Crippen molar-refractivity contribution >= 4 is 28.6 Å². The number of methoxy groups -OCH3 is 3. The van der Waals surface area contributed by atoms with Crippen molar-refractivity contribution < 1.29 is 14.2 Å². The maximum absolute atomic E-state index is 5.55. The zero-order valence-corrected chi connectivity index (χ0v) is 21.5. The van der Waals surface area contributed by atoms with Gasteiger partial charge in [0, 0.05) is 36.6 Å². The number of fused-ring (bicyclic) bond motifs is 2. The fourth-order valence-corrected chi connectivity index (χ4v) is 4.85. The minimum atomic E-state index is 0.523. The highest BCUT2D eigenvalue weighted by atomic mass is 16.5. The molecule has 1 aliphatic heterocycles. The first-order valence-corrected chi connectivity index (χ1v) is 12.4. The van der Waals surface area contributed by atoms with Gasteiger partial charge in [-0.3, -0.25) is 4.57 Å². The number of nitrogens with one attached hydrogen (secondary N) is 1. The van der Waals surface area contributed by atoms with E-state index in [4.69, 9.17) is 29.2 Å². The summed E-state index contributed by atoms with van der Waals surface area (Å²) < 4.78 is 18.6. The lowest BCUT2D eigenvalue weighted by Crippen LogP contribution is -2.32. The van der Waals surface area contributed by atoms with Crippen LogP contribution in [0, 0.1) is 0 Å². The summed E-state index contributed by atoms with van der Waals surface area (Å²) in [6, 6.07) is 22.3. The molecule has 1 aliphatic rings. The molecule has 1 N–H and O–H groups in total. The number of imidazole rings is 1. The van der Waals surface area contributed by atoms with Gasteiger partial charge in [-0.2, -0.15) is 9.97 Å². The molecule has 0 unspecified atom stereocenters. The molecule has 0 radical (unpaired) electrons. The van der Waals surface area contributed by atoms with Crippen molar-refractivity contribution in [2.75, 3.05) is 38.1 Å². The van der Waals surface area contributed by atoms with Crippen molar-refractivity contribution in [2.45, 2.75) is 13.0 Å². The Morgan fingerprint density at radius 2 is 1.53 bits per heavy atom. The Bertz CT molecular complexity index is 1580. The van der Waals surface area contributed by atoms with E-state index in [1.807, 2.05) is 47.0 Å². The Morgan fingerprint density at radius 3 is 2.24 bits per heavy atom. The number of rotatable bonds is 7. The Hall–Kier alpha value is -4.79. The van der Waals surface area contributed by atoms with E-state index in [2.05, 4.69) is 34.5 Å². The minimum Gasteiger partial charge on any atom is -0.493 e. The third-order valence-corrected chi connectivity index (χ3v) is 6.76. The van der Waals surface area contributed by atoms with Crippen molar-refractivity contribution in [3.63, 3.8) is 0 Å². The second-order valence-electron chi connectivity index (χ2n) is 8.97. The molecule has 192 valence electrons. The van der Waals surface area contributed by atoms with Crippen LogP contribution in [0.2, 0.25) is 0 Å². The largest absolute Gasteiger partial charge is 0.493 e. The highest BCUT2D eigenvalue weighted by Gasteiger charge is 2.23. The van der Waals surface area contributed by atoms with Crippen molar-refractivity contribution in [2.24, 2.45) is 0 Å². The number of benzene rings is 3. The maximum Gasteiger partial charge on any atom is 0.229 e. The third kappa shape index (κ3) is 4.21. The summed E-state index contributed by atoms with van der Waals surface area (Å²) >= 11 is 0. The topological polar surface area (TPSA) is 86.6 Å². The Kier molecular flexibility index (Phi) is 6.17. The number of aromatic nitrogens is 4. The molecule has 9 nitrogen and oxygen atoms in total. The summed E-state index contributed by atoms with van der Waals surface area (Å²) in [5.41, 5.74) is 5.73. The average Bonchev–Trinajstić information content (AvgIpc) is 3.41. The zero-order valence-electron chi connectivity index (χ0n) is 21.5. The zero-order chi connectivity index (χ0) is 26.1. The van der Waals surface area contributed by atoms with Crippen LogP contribution in [-0.4, -0.2) is 47.4 Å². The van der Waals surface area contributed by atoms with Crippen LogP contribution in [0.1, 0.15) is 11.1 Å². The molecule has 0 atom stereocenters. The molecular weight excluding hydrogens is 480 g/mol. The Balaban J connectivity index is 1.47. The summed E-state index contributed by atoms with van der Waals surface area (Å²) in [4.78, 5) is 16.9. The van der Waals surface area contributed by atoms with Crippen molar-refractivity contribution in [3.05, 3.63) is 84.2 Å². The van der Waals surface area contributed by atoms with Crippen LogP contribution in [0.15, 0.2) is 73.1 Å². The van der Waals surface area contributed by atoms with E-state index in [0.29, 0.717) is 34.5 Å². The average molecular weight is 509 g/mol. The van der Waals surface area contributed by atoms with Gasteiger partial charge in [0.15, 0.2) is 28.5 Å². The number of nitrogens with zero attached hydrogens (tertiary/aromatic N) is 5. The van der Waals surface area contributed by atoms with Gasteiger partial charge in [0.25, 0.3) is 0 Å². The lowest BCUT2D eigenvalue weighted by Gasteiger charge is -2.29. The van der Waals surface area contributed by atoms with E-state index in [1.54, 1.807) is 27.7 Å². The van der Waals surface area contributed by atoms with Gasteiger partial charge in [-0.25, -0.2) is 4.98 Å². The first-order valence-electron chi connectivity index (χ1n) is 12.4. The summed E-state index contributed by atoms with van der Waals surface area (Å²) in [6.45, 7) is 1.57. The lowest BCUT2D eigenvalue weighted by molar-refractivity contribution is 0.324. The monoisotopic (exact) mass is 508 g/mol. The van der Waals surface area contributed by atoms with E-state index < -0.39 is 0 Å². The van der Waals surface area contributed by atoms with E-state index in [-0.39, 0.29) is 0 Å².